The SMILES string of the molecule is CNC(c1c(F)ccc(C)c1F)C1(C)CCCCC1. The molecule has 19 heavy (non-hydrogen) atoms. The molecule has 0 saturated heterocycles. The second-order valence-corrected chi connectivity index (χ2v) is 6.03. The number of benzene rings is 1. The smallest absolute Gasteiger partial charge is 0.133 e. The van der Waals surface area contributed by atoms with Gasteiger partial charge in [-0.2, -0.15) is 0 Å². The lowest BCUT2D eigenvalue weighted by Gasteiger charge is -2.41. The van der Waals surface area contributed by atoms with Crippen LogP contribution in [-0.4, -0.2) is 7.05 Å². The van der Waals surface area contributed by atoms with Crippen molar-refractivity contribution in [1.29, 1.82) is 0 Å². The van der Waals surface area contributed by atoms with Gasteiger partial charge in [0.1, 0.15) is 11.6 Å². The average Bonchev–Trinajstić information content (AvgIpc) is 2.40. The zero-order valence-electron chi connectivity index (χ0n) is 12.0. The van der Waals surface area contributed by atoms with Gasteiger partial charge in [0.25, 0.3) is 0 Å². The van der Waals surface area contributed by atoms with Gasteiger partial charge in [0.05, 0.1) is 0 Å². The molecule has 1 aromatic rings. The Balaban J connectivity index is 2.44. The lowest BCUT2D eigenvalue weighted by atomic mass is 9.68. The molecule has 0 heterocycles. The van der Waals surface area contributed by atoms with Crippen LogP contribution in [0.1, 0.15) is 56.2 Å². The van der Waals surface area contributed by atoms with Gasteiger partial charge in [0.15, 0.2) is 0 Å². The highest BCUT2D eigenvalue weighted by Gasteiger charge is 2.38. The number of aryl methyl sites for hydroxylation is 1. The maximum absolute atomic E-state index is 14.3. The van der Waals surface area contributed by atoms with E-state index in [0.29, 0.717) is 5.56 Å². The maximum Gasteiger partial charge on any atom is 0.133 e. The van der Waals surface area contributed by atoms with E-state index in [-0.39, 0.29) is 17.0 Å². The van der Waals surface area contributed by atoms with Crippen molar-refractivity contribution in [3.8, 4) is 0 Å². The molecule has 0 radical (unpaired) electrons. The molecule has 1 atom stereocenters. The number of nitrogens with one attached hydrogen (secondary N) is 1. The molecular formula is C16H23F2N. The largest absolute Gasteiger partial charge is 0.312 e. The highest BCUT2D eigenvalue weighted by Crippen LogP contribution is 2.46. The lowest BCUT2D eigenvalue weighted by Crippen LogP contribution is -2.37. The number of rotatable bonds is 3. The predicted octanol–water partition coefficient (Wildman–Crippen LogP) is 4.50. The summed E-state index contributed by atoms with van der Waals surface area (Å²) < 4.78 is 28.5. The summed E-state index contributed by atoms with van der Waals surface area (Å²) in [6, 6.07) is 2.63. The van der Waals surface area contributed by atoms with Crippen LogP contribution in [0, 0.1) is 24.0 Å². The third kappa shape index (κ3) is 2.66. The Labute approximate surface area is 114 Å². The highest BCUT2D eigenvalue weighted by molar-refractivity contribution is 5.30. The molecule has 1 aromatic carbocycles. The molecule has 1 nitrogen and oxygen atoms in total. The van der Waals surface area contributed by atoms with E-state index in [1.165, 1.54) is 18.6 Å². The van der Waals surface area contributed by atoms with Crippen LogP contribution in [0.15, 0.2) is 12.1 Å². The Morgan fingerprint density at radius 1 is 1.16 bits per heavy atom. The molecule has 3 heteroatoms. The van der Waals surface area contributed by atoms with E-state index in [9.17, 15) is 8.78 Å². The van der Waals surface area contributed by atoms with Gasteiger partial charge in [-0.25, -0.2) is 8.78 Å². The summed E-state index contributed by atoms with van der Waals surface area (Å²) in [5, 5.41) is 3.16. The van der Waals surface area contributed by atoms with Gasteiger partial charge in [-0.05, 0) is 43.9 Å². The first kappa shape index (κ1) is 14.4. The molecule has 1 aliphatic rings. The van der Waals surface area contributed by atoms with Gasteiger partial charge >= 0.3 is 0 Å². The third-order valence-corrected chi connectivity index (χ3v) is 4.59. The maximum atomic E-state index is 14.3. The molecule has 0 aliphatic heterocycles. The Bertz CT molecular complexity index is 450. The Hall–Kier alpha value is -0.960. The van der Waals surface area contributed by atoms with Crippen LogP contribution in [0.4, 0.5) is 8.78 Å². The van der Waals surface area contributed by atoms with E-state index < -0.39 is 11.6 Å². The molecule has 2 rings (SSSR count). The molecule has 1 saturated carbocycles. The minimum Gasteiger partial charge on any atom is -0.312 e. The summed E-state index contributed by atoms with van der Waals surface area (Å²) >= 11 is 0. The minimum atomic E-state index is -0.436. The van der Waals surface area contributed by atoms with Crippen LogP contribution in [-0.2, 0) is 0 Å². The highest BCUT2D eigenvalue weighted by atomic mass is 19.1. The van der Waals surface area contributed by atoms with Crippen LogP contribution in [0.3, 0.4) is 0 Å². The normalized spacial score (nSPS) is 20.3. The molecule has 1 fully saturated rings. The van der Waals surface area contributed by atoms with Crippen LogP contribution < -0.4 is 5.32 Å². The molecular weight excluding hydrogens is 244 g/mol. The average molecular weight is 267 g/mol. The topological polar surface area (TPSA) is 12.0 Å². The van der Waals surface area contributed by atoms with E-state index >= 15 is 0 Å². The molecule has 1 N–H and O–H groups in total. The van der Waals surface area contributed by atoms with Crippen molar-refractivity contribution in [2.45, 2.75) is 52.0 Å². The van der Waals surface area contributed by atoms with Crippen molar-refractivity contribution in [3.05, 3.63) is 34.9 Å². The fourth-order valence-corrected chi connectivity index (χ4v) is 3.43. The number of halogens is 2. The van der Waals surface area contributed by atoms with Crippen molar-refractivity contribution in [2.24, 2.45) is 5.41 Å². The van der Waals surface area contributed by atoms with Gasteiger partial charge in [-0.1, -0.05) is 32.3 Å². The second kappa shape index (κ2) is 5.58. The lowest BCUT2D eigenvalue weighted by molar-refractivity contribution is 0.145. The first-order valence-corrected chi connectivity index (χ1v) is 7.11. The fraction of sp³-hybridized carbons (Fsp3) is 0.625. The first-order chi connectivity index (χ1) is 8.99. The number of hydrogen-bond donors (Lipinski definition) is 1. The summed E-state index contributed by atoms with van der Waals surface area (Å²) in [5.74, 6) is -0.833. The summed E-state index contributed by atoms with van der Waals surface area (Å²) in [5.41, 5.74) is 0.658. The van der Waals surface area contributed by atoms with Crippen molar-refractivity contribution in [3.63, 3.8) is 0 Å². The van der Waals surface area contributed by atoms with Gasteiger partial charge < -0.3 is 5.32 Å². The van der Waals surface area contributed by atoms with Crippen molar-refractivity contribution < 1.29 is 8.78 Å². The molecule has 106 valence electrons. The van der Waals surface area contributed by atoms with Crippen molar-refractivity contribution in [1.82, 2.24) is 5.32 Å². The first-order valence-electron chi connectivity index (χ1n) is 7.11. The van der Waals surface area contributed by atoms with E-state index in [2.05, 4.69) is 12.2 Å². The van der Waals surface area contributed by atoms with E-state index in [4.69, 9.17) is 0 Å². The zero-order valence-corrected chi connectivity index (χ0v) is 12.0. The second-order valence-electron chi connectivity index (χ2n) is 6.03. The molecule has 1 aliphatic carbocycles. The van der Waals surface area contributed by atoms with Crippen LogP contribution in [0.25, 0.3) is 0 Å². The Morgan fingerprint density at radius 3 is 2.37 bits per heavy atom. The minimum absolute atomic E-state index is 0.0670. The van der Waals surface area contributed by atoms with Crippen LogP contribution in [0.2, 0.25) is 0 Å². The summed E-state index contributed by atoms with van der Waals surface area (Å²) in [7, 11) is 1.80. The Morgan fingerprint density at radius 2 is 1.79 bits per heavy atom. The predicted molar refractivity (Wildman–Crippen MR) is 74.1 cm³/mol. The van der Waals surface area contributed by atoms with Gasteiger partial charge in [-0.3, -0.25) is 0 Å². The standard InChI is InChI=1S/C16H23F2N/c1-11-7-8-12(17)13(14(11)18)15(19-3)16(2)9-5-4-6-10-16/h7-8,15,19H,4-6,9-10H2,1-3H3. The zero-order chi connectivity index (χ0) is 14.0. The van der Waals surface area contributed by atoms with Crippen molar-refractivity contribution >= 4 is 0 Å². The van der Waals surface area contributed by atoms with Crippen molar-refractivity contribution in [2.75, 3.05) is 7.05 Å². The summed E-state index contributed by atoms with van der Waals surface area (Å²) in [6.07, 6.45) is 5.55. The quantitative estimate of drug-likeness (QED) is 0.850. The molecule has 0 aromatic heterocycles. The van der Waals surface area contributed by atoms with Crippen LogP contribution in [0.5, 0.6) is 0 Å². The molecule has 1 unspecified atom stereocenters. The third-order valence-electron chi connectivity index (χ3n) is 4.59. The number of hydrogen-bond acceptors (Lipinski definition) is 1. The molecule has 0 bridgehead atoms. The van der Waals surface area contributed by atoms with E-state index in [0.717, 1.165) is 25.7 Å². The fourth-order valence-electron chi connectivity index (χ4n) is 3.43. The monoisotopic (exact) mass is 267 g/mol. The van der Waals surface area contributed by atoms with Gasteiger partial charge in [-0.15, -0.1) is 0 Å². The summed E-state index contributed by atoms with van der Waals surface area (Å²) in [6.45, 7) is 3.84. The van der Waals surface area contributed by atoms with E-state index in [1.54, 1.807) is 14.0 Å². The van der Waals surface area contributed by atoms with Crippen LogP contribution >= 0.6 is 0 Å². The molecule has 0 spiro atoms. The summed E-state index contributed by atoms with van der Waals surface area (Å²) in [4.78, 5) is 0. The van der Waals surface area contributed by atoms with Gasteiger partial charge in [0.2, 0.25) is 0 Å². The molecule has 0 amide bonds. The Kier molecular flexibility index (Phi) is 4.24. The van der Waals surface area contributed by atoms with E-state index in [1.807, 2.05) is 0 Å². The van der Waals surface area contributed by atoms with Gasteiger partial charge in [0, 0.05) is 11.6 Å².